The van der Waals surface area contributed by atoms with E-state index in [1.54, 1.807) is 31.2 Å². The maximum Gasteiger partial charge on any atom is 0.419 e. The van der Waals surface area contributed by atoms with Crippen molar-refractivity contribution in [2.24, 2.45) is 0 Å². The van der Waals surface area contributed by atoms with Crippen LogP contribution in [0.5, 0.6) is 5.75 Å². The third kappa shape index (κ3) is 6.99. The molecule has 4 rings (SSSR count). The first-order valence-corrected chi connectivity index (χ1v) is 14.2. The van der Waals surface area contributed by atoms with Gasteiger partial charge in [-0.2, -0.15) is 13.2 Å². The average Bonchev–Trinajstić information content (AvgIpc) is 3.17. The highest BCUT2D eigenvalue weighted by Crippen LogP contribution is 2.41. The average molecular weight is 612 g/mol. The van der Waals surface area contributed by atoms with Gasteiger partial charge in [0.2, 0.25) is 0 Å². The van der Waals surface area contributed by atoms with Gasteiger partial charge in [0.05, 0.1) is 16.3 Å². The largest absolute Gasteiger partial charge is 0.485 e. The Bertz CT molecular complexity index is 1410. The summed E-state index contributed by atoms with van der Waals surface area (Å²) in [5.41, 5.74) is -1.95. The Labute approximate surface area is 231 Å². The number of rotatable bonds is 7. The van der Waals surface area contributed by atoms with Gasteiger partial charge in [-0.25, -0.2) is 8.42 Å². The van der Waals surface area contributed by atoms with Crippen LogP contribution in [-0.2, 0) is 16.2 Å². The molecule has 3 aromatic rings. The van der Waals surface area contributed by atoms with E-state index >= 15 is 0 Å². The number of sulfonamides is 1. The van der Waals surface area contributed by atoms with Gasteiger partial charge in [0, 0.05) is 38.9 Å². The molecule has 1 heterocycles. The Morgan fingerprint density at radius 1 is 1.00 bits per heavy atom. The third-order valence-corrected chi connectivity index (χ3v) is 8.75. The van der Waals surface area contributed by atoms with Crippen LogP contribution in [0.4, 0.5) is 18.9 Å². The molecule has 0 aliphatic carbocycles. The molecule has 3 aromatic carbocycles. The van der Waals surface area contributed by atoms with Gasteiger partial charge in [-0.3, -0.25) is 4.72 Å². The van der Waals surface area contributed by atoms with Crippen molar-refractivity contribution in [3.63, 3.8) is 0 Å². The maximum absolute atomic E-state index is 13.6. The Hall–Kier alpha value is -1.82. The minimum atomic E-state index is -4.68. The zero-order valence-corrected chi connectivity index (χ0v) is 23.0. The minimum Gasteiger partial charge on any atom is -0.485 e. The molecule has 1 fully saturated rings. The van der Waals surface area contributed by atoms with Gasteiger partial charge in [-0.15, -0.1) is 0 Å². The molecule has 5 nitrogen and oxygen atoms in total. The first-order chi connectivity index (χ1) is 17.2. The van der Waals surface area contributed by atoms with Gasteiger partial charge >= 0.3 is 6.18 Å². The highest BCUT2D eigenvalue weighted by Gasteiger charge is 2.38. The lowest BCUT2D eigenvalue weighted by Crippen LogP contribution is -2.35. The summed E-state index contributed by atoms with van der Waals surface area (Å²) < 4.78 is 75.0. The first kappa shape index (κ1) is 28.2. The molecule has 0 radical (unpaired) electrons. The van der Waals surface area contributed by atoms with E-state index in [0.29, 0.717) is 34.5 Å². The second-order valence-electron chi connectivity index (χ2n) is 8.59. The van der Waals surface area contributed by atoms with Crippen LogP contribution in [0.3, 0.4) is 0 Å². The molecule has 0 aromatic heterocycles. The Kier molecular flexibility index (Phi) is 8.19. The molecule has 0 unspecified atom stereocenters. The molecule has 0 amide bonds. The second-order valence-corrected chi connectivity index (χ2v) is 12.7. The third-order valence-electron chi connectivity index (χ3n) is 5.49. The molecule has 2 N–H and O–H groups in total. The van der Waals surface area contributed by atoms with Gasteiger partial charge < -0.3 is 10.1 Å². The van der Waals surface area contributed by atoms with Crippen LogP contribution in [0.1, 0.15) is 18.9 Å². The molecule has 13 heteroatoms. The summed E-state index contributed by atoms with van der Waals surface area (Å²) in [6, 6.07) is 12.2. The van der Waals surface area contributed by atoms with Gasteiger partial charge in [-0.05, 0) is 62.0 Å². The number of nitrogens with one attached hydrogen (secondary N) is 2. The molecule has 0 bridgehead atoms. The molecule has 1 atom stereocenters. The fourth-order valence-corrected chi connectivity index (χ4v) is 7.02. The van der Waals surface area contributed by atoms with Crippen LogP contribution in [0.25, 0.3) is 0 Å². The molecule has 198 valence electrons. The van der Waals surface area contributed by atoms with E-state index in [0.717, 1.165) is 23.1 Å². The summed E-state index contributed by atoms with van der Waals surface area (Å²) >= 11 is 19.6. The summed E-state index contributed by atoms with van der Waals surface area (Å²) in [4.78, 5) is 1.12. The van der Waals surface area contributed by atoms with Crippen LogP contribution in [0.15, 0.2) is 69.3 Å². The normalized spacial score (nSPS) is 18.1. The number of hydrogen-bond donors (Lipinski definition) is 2. The van der Waals surface area contributed by atoms with Crippen LogP contribution < -0.4 is 14.8 Å². The molecule has 0 saturated carbocycles. The van der Waals surface area contributed by atoms with Crippen molar-refractivity contribution < 1.29 is 26.3 Å². The van der Waals surface area contributed by atoms with Crippen molar-refractivity contribution in [2.75, 3.05) is 17.8 Å². The lowest BCUT2D eigenvalue weighted by Gasteiger charge is -2.27. The minimum absolute atomic E-state index is 0.0708. The van der Waals surface area contributed by atoms with E-state index in [4.69, 9.17) is 39.5 Å². The summed E-state index contributed by atoms with van der Waals surface area (Å²) in [5.74, 6) is -0.461. The summed E-state index contributed by atoms with van der Waals surface area (Å²) in [6.07, 6.45) is -4.18. The number of halogens is 6. The highest BCUT2D eigenvalue weighted by molar-refractivity contribution is 7.99. The quantitative estimate of drug-likeness (QED) is 0.286. The van der Waals surface area contributed by atoms with E-state index in [9.17, 15) is 21.6 Å². The predicted octanol–water partition coefficient (Wildman–Crippen LogP) is 7.75. The summed E-state index contributed by atoms with van der Waals surface area (Å²) in [6.45, 7) is 2.66. The molecule has 1 aliphatic rings. The number of ether oxygens (including phenoxy) is 1. The van der Waals surface area contributed by atoms with Gasteiger partial charge in [0.1, 0.15) is 16.2 Å². The lowest BCUT2D eigenvalue weighted by atomic mass is 10.1. The predicted molar refractivity (Wildman–Crippen MR) is 141 cm³/mol. The first-order valence-electron chi connectivity index (χ1n) is 10.8. The molecule has 1 aliphatic heterocycles. The number of hydrogen-bond acceptors (Lipinski definition) is 5. The van der Waals surface area contributed by atoms with E-state index in [2.05, 4.69) is 10.0 Å². The molecule has 1 saturated heterocycles. The van der Waals surface area contributed by atoms with Crippen LogP contribution >= 0.6 is 46.6 Å². The fourth-order valence-electron chi connectivity index (χ4n) is 3.75. The SMILES string of the molecule is C[C@@]1(Oc2cc(NS(=O)(=O)c3ccc(Sc4cc(Cl)cc(Cl)c4)cc3Cl)ccc2C(F)(F)F)CCNC1. The lowest BCUT2D eigenvalue weighted by molar-refractivity contribution is -0.139. The monoisotopic (exact) mass is 610 g/mol. The zero-order valence-electron chi connectivity index (χ0n) is 19.1. The molecule has 37 heavy (non-hydrogen) atoms. The molecular weight excluding hydrogens is 592 g/mol. The van der Waals surface area contributed by atoms with Gasteiger partial charge in [-0.1, -0.05) is 46.6 Å². The smallest absolute Gasteiger partial charge is 0.419 e. The number of alkyl halides is 3. The number of benzene rings is 3. The van der Waals surface area contributed by atoms with Crippen molar-refractivity contribution in [1.82, 2.24) is 5.32 Å². The fraction of sp³-hybridized carbons (Fsp3) is 0.250. The molecular formula is C24H20Cl3F3N2O3S2. The summed E-state index contributed by atoms with van der Waals surface area (Å²) in [5, 5.41) is 3.87. The van der Waals surface area contributed by atoms with Crippen LogP contribution in [0, 0.1) is 0 Å². The van der Waals surface area contributed by atoms with Crippen LogP contribution in [-0.4, -0.2) is 27.1 Å². The standard InChI is InChI=1S/C24H20Cl3F3N2O3S2/c1-23(6-7-31-13-23)35-21-11-16(2-4-19(21)24(28,29)30)32-37(33,34)22-5-3-17(12-20(22)27)36-18-9-14(25)8-15(26)10-18/h2-5,8-12,31-32H,6-7,13H2,1H3/t23-/m1/s1. The second kappa shape index (κ2) is 10.7. The highest BCUT2D eigenvalue weighted by atomic mass is 35.5. The topological polar surface area (TPSA) is 67.4 Å². The van der Waals surface area contributed by atoms with E-state index in [1.165, 1.54) is 23.9 Å². The Morgan fingerprint density at radius 2 is 1.70 bits per heavy atom. The summed E-state index contributed by atoms with van der Waals surface area (Å²) in [7, 11) is -4.24. The van der Waals surface area contributed by atoms with E-state index in [1.807, 2.05) is 0 Å². The van der Waals surface area contributed by atoms with Crippen molar-refractivity contribution in [3.05, 3.63) is 75.2 Å². The van der Waals surface area contributed by atoms with Gasteiger partial charge in [0.25, 0.3) is 10.0 Å². The van der Waals surface area contributed by atoms with Crippen molar-refractivity contribution in [3.8, 4) is 5.75 Å². The van der Waals surface area contributed by atoms with E-state index in [-0.39, 0.29) is 15.6 Å². The van der Waals surface area contributed by atoms with E-state index < -0.39 is 33.1 Å². The van der Waals surface area contributed by atoms with Crippen molar-refractivity contribution >= 4 is 62.3 Å². The van der Waals surface area contributed by atoms with Crippen LogP contribution in [0.2, 0.25) is 15.1 Å². The maximum atomic E-state index is 13.6. The van der Waals surface area contributed by atoms with Crippen molar-refractivity contribution in [1.29, 1.82) is 0 Å². The molecule has 0 spiro atoms. The zero-order chi connectivity index (χ0) is 27.0. The Balaban J connectivity index is 1.59. The van der Waals surface area contributed by atoms with Crippen molar-refractivity contribution in [2.45, 2.75) is 39.8 Å². The van der Waals surface area contributed by atoms with Gasteiger partial charge in [0.15, 0.2) is 0 Å². The number of anilines is 1. The Morgan fingerprint density at radius 3 is 2.30 bits per heavy atom.